The van der Waals surface area contributed by atoms with E-state index in [-0.39, 0.29) is 17.0 Å². The number of morpholine rings is 1. The minimum atomic E-state index is -0.447. The van der Waals surface area contributed by atoms with Gasteiger partial charge < -0.3 is 10.1 Å². The Bertz CT molecular complexity index is 533. The summed E-state index contributed by atoms with van der Waals surface area (Å²) in [7, 11) is 0. The number of benzene rings is 1. The zero-order chi connectivity index (χ0) is 16.8. The first-order valence-electron chi connectivity index (χ1n) is 8.02. The molecule has 4 nitrogen and oxygen atoms in total. The first kappa shape index (κ1) is 18.2. The first-order chi connectivity index (χ1) is 11.0. The summed E-state index contributed by atoms with van der Waals surface area (Å²) in [6.07, 6.45) is 0.997. The van der Waals surface area contributed by atoms with Crippen LogP contribution in [0.5, 0.6) is 0 Å². The predicted molar refractivity (Wildman–Crippen MR) is 89.4 cm³/mol. The first-order valence-corrected chi connectivity index (χ1v) is 8.40. The third-order valence-corrected chi connectivity index (χ3v) is 4.29. The molecule has 1 aliphatic rings. The maximum atomic E-state index is 13.1. The van der Waals surface area contributed by atoms with E-state index in [0.29, 0.717) is 18.0 Å². The van der Waals surface area contributed by atoms with Gasteiger partial charge in [0.1, 0.15) is 5.82 Å². The van der Waals surface area contributed by atoms with E-state index in [9.17, 15) is 9.18 Å². The third kappa shape index (κ3) is 5.44. The van der Waals surface area contributed by atoms with E-state index in [0.717, 1.165) is 38.8 Å². The van der Waals surface area contributed by atoms with Crippen LogP contribution in [0.25, 0.3) is 0 Å². The van der Waals surface area contributed by atoms with Gasteiger partial charge >= 0.3 is 0 Å². The number of amides is 1. The Labute approximate surface area is 141 Å². The second-order valence-corrected chi connectivity index (χ2v) is 6.67. The standard InChI is InChI=1S/C17H24ClFN2O2/c1-12(2)9-14(21-5-7-23-8-6-21)11-20-17(22)15-4-3-13(19)10-16(15)18/h3-4,10,12,14H,5-9,11H2,1-2H3,(H,20,22). The molecule has 1 aromatic carbocycles. The molecule has 1 heterocycles. The zero-order valence-corrected chi connectivity index (χ0v) is 14.4. The van der Waals surface area contributed by atoms with Crippen molar-refractivity contribution >= 4 is 17.5 Å². The van der Waals surface area contributed by atoms with Crippen LogP contribution in [-0.4, -0.2) is 49.7 Å². The van der Waals surface area contributed by atoms with Crippen LogP contribution in [0.15, 0.2) is 18.2 Å². The van der Waals surface area contributed by atoms with Gasteiger partial charge in [-0.25, -0.2) is 4.39 Å². The lowest BCUT2D eigenvalue weighted by atomic mass is 10.0. The second-order valence-electron chi connectivity index (χ2n) is 6.27. The number of nitrogens with one attached hydrogen (secondary N) is 1. The van der Waals surface area contributed by atoms with E-state index < -0.39 is 5.82 Å². The highest BCUT2D eigenvalue weighted by Crippen LogP contribution is 2.18. The topological polar surface area (TPSA) is 41.6 Å². The van der Waals surface area contributed by atoms with Gasteiger partial charge in [0.15, 0.2) is 0 Å². The summed E-state index contributed by atoms with van der Waals surface area (Å²) in [5, 5.41) is 3.07. The molecule has 1 aliphatic heterocycles. The predicted octanol–water partition coefficient (Wildman–Crippen LogP) is 2.96. The largest absolute Gasteiger partial charge is 0.379 e. The molecule has 0 aromatic heterocycles. The zero-order valence-electron chi connectivity index (χ0n) is 13.6. The maximum absolute atomic E-state index is 13.1. The summed E-state index contributed by atoms with van der Waals surface area (Å²) in [5.74, 6) is -0.177. The van der Waals surface area contributed by atoms with Crippen molar-refractivity contribution in [3.8, 4) is 0 Å². The van der Waals surface area contributed by atoms with E-state index in [1.165, 1.54) is 12.1 Å². The van der Waals surface area contributed by atoms with Crippen LogP contribution < -0.4 is 5.32 Å². The number of hydrogen-bond acceptors (Lipinski definition) is 3. The van der Waals surface area contributed by atoms with Crippen molar-refractivity contribution in [2.75, 3.05) is 32.8 Å². The molecular formula is C17H24ClFN2O2. The van der Waals surface area contributed by atoms with Gasteiger partial charge in [-0.1, -0.05) is 25.4 Å². The summed E-state index contributed by atoms with van der Waals surface area (Å²) in [4.78, 5) is 14.6. The quantitative estimate of drug-likeness (QED) is 0.864. The van der Waals surface area contributed by atoms with Gasteiger partial charge in [0.05, 0.1) is 23.8 Å². The Morgan fingerprint density at radius 2 is 2.09 bits per heavy atom. The number of carbonyl (C=O) groups excluding carboxylic acids is 1. The van der Waals surface area contributed by atoms with Crippen LogP contribution in [-0.2, 0) is 4.74 Å². The number of rotatable bonds is 6. The van der Waals surface area contributed by atoms with Crippen LogP contribution in [0.4, 0.5) is 4.39 Å². The Balaban J connectivity index is 1.97. The van der Waals surface area contributed by atoms with E-state index in [1.54, 1.807) is 0 Å². The van der Waals surface area contributed by atoms with Gasteiger partial charge in [0, 0.05) is 25.7 Å². The number of ether oxygens (including phenoxy) is 1. The fraction of sp³-hybridized carbons (Fsp3) is 0.588. The molecule has 1 fully saturated rings. The molecular weight excluding hydrogens is 319 g/mol. The summed E-state index contributed by atoms with van der Waals surface area (Å²) in [5.41, 5.74) is 0.304. The Hall–Kier alpha value is -1.17. The molecule has 23 heavy (non-hydrogen) atoms. The summed E-state index contributed by atoms with van der Waals surface area (Å²) < 4.78 is 18.5. The molecule has 2 rings (SSSR count). The summed E-state index contributed by atoms with van der Waals surface area (Å²) in [6, 6.07) is 4.08. The van der Waals surface area contributed by atoms with E-state index in [4.69, 9.17) is 16.3 Å². The molecule has 0 radical (unpaired) electrons. The minimum Gasteiger partial charge on any atom is -0.379 e. The van der Waals surface area contributed by atoms with Crippen molar-refractivity contribution in [1.29, 1.82) is 0 Å². The monoisotopic (exact) mass is 342 g/mol. The van der Waals surface area contributed by atoms with Crippen molar-refractivity contribution in [3.63, 3.8) is 0 Å². The lowest BCUT2D eigenvalue weighted by Crippen LogP contribution is -2.49. The van der Waals surface area contributed by atoms with Crippen molar-refractivity contribution in [2.24, 2.45) is 5.92 Å². The van der Waals surface area contributed by atoms with Crippen LogP contribution >= 0.6 is 11.6 Å². The molecule has 1 N–H and O–H groups in total. The normalized spacial score (nSPS) is 17.3. The van der Waals surface area contributed by atoms with Gasteiger partial charge in [0.25, 0.3) is 5.91 Å². The van der Waals surface area contributed by atoms with Crippen molar-refractivity contribution in [2.45, 2.75) is 26.3 Å². The SMILES string of the molecule is CC(C)CC(CNC(=O)c1ccc(F)cc1Cl)N1CCOCC1. The smallest absolute Gasteiger partial charge is 0.252 e. The Morgan fingerprint density at radius 1 is 1.39 bits per heavy atom. The van der Waals surface area contributed by atoms with E-state index in [2.05, 4.69) is 24.1 Å². The molecule has 1 amide bonds. The van der Waals surface area contributed by atoms with Gasteiger partial charge in [-0.05, 0) is 30.5 Å². The molecule has 0 spiro atoms. The van der Waals surface area contributed by atoms with Gasteiger partial charge in [0.2, 0.25) is 0 Å². The molecule has 6 heteroatoms. The Kier molecular flexibility index (Phi) is 6.81. The van der Waals surface area contributed by atoms with Crippen molar-refractivity contribution in [1.82, 2.24) is 10.2 Å². The Morgan fingerprint density at radius 3 is 2.70 bits per heavy atom. The highest BCUT2D eigenvalue weighted by Gasteiger charge is 2.23. The summed E-state index contributed by atoms with van der Waals surface area (Å²) >= 11 is 5.94. The molecule has 1 unspecified atom stereocenters. The molecule has 1 saturated heterocycles. The molecule has 0 aliphatic carbocycles. The fourth-order valence-corrected chi connectivity index (χ4v) is 3.08. The lowest BCUT2D eigenvalue weighted by Gasteiger charge is -2.35. The molecule has 0 saturated carbocycles. The van der Waals surface area contributed by atoms with Crippen LogP contribution in [0.3, 0.4) is 0 Å². The molecule has 1 aromatic rings. The summed E-state index contributed by atoms with van der Waals surface area (Å²) in [6.45, 7) is 8.11. The number of hydrogen-bond donors (Lipinski definition) is 1. The van der Waals surface area contributed by atoms with E-state index in [1.807, 2.05) is 0 Å². The van der Waals surface area contributed by atoms with Gasteiger partial charge in [-0.15, -0.1) is 0 Å². The highest BCUT2D eigenvalue weighted by atomic mass is 35.5. The number of halogens is 2. The molecule has 0 bridgehead atoms. The van der Waals surface area contributed by atoms with Crippen LogP contribution in [0.1, 0.15) is 30.6 Å². The fourth-order valence-electron chi connectivity index (χ4n) is 2.83. The van der Waals surface area contributed by atoms with Crippen molar-refractivity contribution < 1.29 is 13.9 Å². The maximum Gasteiger partial charge on any atom is 0.252 e. The van der Waals surface area contributed by atoms with E-state index >= 15 is 0 Å². The third-order valence-electron chi connectivity index (χ3n) is 3.98. The lowest BCUT2D eigenvalue weighted by molar-refractivity contribution is 0.0124. The minimum absolute atomic E-state index is 0.134. The second kappa shape index (κ2) is 8.62. The molecule has 128 valence electrons. The van der Waals surface area contributed by atoms with Gasteiger partial charge in [-0.3, -0.25) is 9.69 Å². The number of nitrogens with zero attached hydrogens (tertiary/aromatic N) is 1. The average Bonchev–Trinajstić information content (AvgIpc) is 2.51. The number of carbonyl (C=O) groups is 1. The van der Waals surface area contributed by atoms with Crippen molar-refractivity contribution in [3.05, 3.63) is 34.6 Å². The van der Waals surface area contributed by atoms with Gasteiger partial charge in [-0.2, -0.15) is 0 Å². The average molecular weight is 343 g/mol. The molecule has 1 atom stereocenters. The highest BCUT2D eigenvalue weighted by molar-refractivity contribution is 6.33. The van der Waals surface area contributed by atoms with Crippen LogP contribution in [0.2, 0.25) is 5.02 Å². The van der Waals surface area contributed by atoms with Crippen LogP contribution in [0, 0.1) is 11.7 Å².